The molecule has 0 saturated heterocycles. The number of aliphatic hydroxyl groups is 1. The molecule has 0 fully saturated rings. The summed E-state index contributed by atoms with van der Waals surface area (Å²) in [6.45, 7) is 0. The van der Waals surface area contributed by atoms with Gasteiger partial charge in [0.05, 0.1) is 0 Å². The fourth-order valence-corrected chi connectivity index (χ4v) is 1.56. The van der Waals surface area contributed by atoms with Crippen molar-refractivity contribution in [1.82, 2.24) is 0 Å². The maximum Gasteiger partial charge on any atom is 0.347 e. The van der Waals surface area contributed by atoms with Gasteiger partial charge in [-0.1, -0.05) is 30.3 Å². The largest absolute Gasteiger partial charge is 0.479 e. The van der Waals surface area contributed by atoms with Crippen LogP contribution < -0.4 is 0 Å². The minimum absolute atomic E-state index is 0.373. The molecule has 0 radical (unpaired) electrons. The first kappa shape index (κ1) is 16.0. The SMILES string of the molecule is O=C(O)C(O)C(O[N+](=O)[O-])(C(=O)O)C(=O)c1ccccc1. The zero-order valence-corrected chi connectivity index (χ0v) is 10.2. The monoisotopic (exact) mass is 299 g/mol. The van der Waals surface area contributed by atoms with E-state index in [-0.39, 0.29) is 5.56 Å². The molecule has 0 amide bonds. The normalized spacial score (nSPS) is 14.5. The van der Waals surface area contributed by atoms with Gasteiger partial charge in [-0.3, -0.25) is 9.63 Å². The molecule has 1 aromatic carbocycles. The molecule has 2 unspecified atom stereocenters. The van der Waals surface area contributed by atoms with Gasteiger partial charge in [0.1, 0.15) is 0 Å². The van der Waals surface area contributed by atoms with Crippen molar-refractivity contribution in [2.45, 2.75) is 11.7 Å². The fraction of sp³-hybridized carbons (Fsp3) is 0.182. The summed E-state index contributed by atoms with van der Waals surface area (Å²) in [5.74, 6) is -6.03. The Bertz CT molecular complexity index is 585. The van der Waals surface area contributed by atoms with Crippen molar-refractivity contribution in [2.24, 2.45) is 0 Å². The molecule has 10 heteroatoms. The Morgan fingerprint density at radius 1 is 1.19 bits per heavy atom. The molecule has 2 atom stereocenters. The second-order valence-corrected chi connectivity index (χ2v) is 3.79. The molecule has 0 aliphatic rings. The molecule has 0 aliphatic heterocycles. The second-order valence-electron chi connectivity index (χ2n) is 3.79. The summed E-state index contributed by atoms with van der Waals surface area (Å²) in [6, 6.07) is 6.30. The van der Waals surface area contributed by atoms with Crippen LogP contribution in [0.2, 0.25) is 0 Å². The summed E-state index contributed by atoms with van der Waals surface area (Å²) in [6.07, 6.45) is -2.98. The molecule has 10 nitrogen and oxygen atoms in total. The van der Waals surface area contributed by atoms with E-state index in [0.29, 0.717) is 0 Å². The number of nitrogens with zero attached hydrogens (tertiary/aromatic N) is 1. The van der Waals surface area contributed by atoms with Gasteiger partial charge in [-0.25, -0.2) is 9.59 Å². The topological polar surface area (TPSA) is 164 Å². The maximum atomic E-state index is 12.2. The van der Waals surface area contributed by atoms with Crippen LogP contribution in [0, 0.1) is 10.1 Å². The molecule has 0 aromatic heterocycles. The van der Waals surface area contributed by atoms with E-state index in [1.54, 1.807) is 0 Å². The van der Waals surface area contributed by atoms with Crippen molar-refractivity contribution in [2.75, 3.05) is 0 Å². The highest BCUT2D eigenvalue weighted by Gasteiger charge is 2.59. The Morgan fingerprint density at radius 3 is 2.10 bits per heavy atom. The predicted octanol–water partition coefficient (Wildman–Crippen LogP) is -0.653. The number of rotatable bonds is 7. The summed E-state index contributed by atoms with van der Waals surface area (Å²) in [5.41, 5.74) is -3.97. The van der Waals surface area contributed by atoms with Gasteiger partial charge in [-0.05, 0) is 0 Å². The number of benzene rings is 1. The van der Waals surface area contributed by atoms with E-state index in [1.165, 1.54) is 18.2 Å². The first-order valence-corrected chi connectivity index (χ1v) is 5.31. The third-order valence-electron chi connectivity index (χ3n) is 2.53. The molecule has 21 heavy (non-hydrogen) atoms. The highest BCUT2D eigenvalue weighted by molar-refractivity contribution is 6.17. The van der Waals surface area contributed by atoms with Gasteiger partial charge in [0.25, 0.3) is 5.09 Å². The predicted molar refractivity (Wildman–Crippen MR) is 62.9 cm³/mol. The molecule has 112 valence electrons. The number of hydrogen-bond acceptors (Lipinski definition) is 7. The van der Waals surface area contributed by atoms with Crippen molar-refractivity contribution in [1.29, 1.82) is 0 Å². The standard InChI is InChI=1S/C11H9NO9/c13-7(6-4-2-1-3-5-6)11(10(17)18,21-12(19)20)8(14)9(15)16/h1-5,8,14H,(H,15,16)(H,17,18). The summed E-state index contributed by atoms with van der Waals surface area (Å²) >= 11 is 0. The summed E-state index contributed by atoms with van der Waals surface area (Å²) in [5, 5.41) is 36.0. The van der Waals surface area contributed by atoms with Crippen LogP contribution in [0.1, 0.15) is 10.4 Å². The number of carbonyl (C=O) groups is 3. The summed E-state index contributed by atoms with van der Waals surface area (Å²) in [7, 11) is 0. The van der Waals surface area contributed by atoms with Crippen LogP contribution in [0.3, 0.4) is 0 Å². The average molecular weight is 299 g/mol. The molecular weight excluding hydrogens is 290 g/mol. The van der Waals surface area contributed by atoms with Crippen molar-refractivity contribution in [3.05, 3.63) is 46.0 Å². The van der Waals surface area contributed by atoms with Crippen LogP contribution in [0.15, 0.2) is 30.3 Å². The maximum absolute atomic E-state index is 12.2. The molecule has 1 aromatic rings. The van der Waals surface area contributed by atoms with Crippen molar-refractivity contribution in [3.63, 3.8) is 0 Å². The van der Waals surface area contributed by atoms with E-state index in [2.05, 4.69) is 4.84 Å². The molecule has 0 spiro atoms. The summed E-state index contributed by atoms with van der Waals surface area (Å²) < 4.78 is 0. The first-order valence-electron chi connectivity index (χ1n) is 5.31. The van der Waals surface area contributed by atoms with Crippen LogP contribution in [-0.2, 0) is 14.4 Å². The van der Waals surface area contributed by atoms with E-state index in [9.17, 15) is 29.6 Å². The van der Waals surface area contributed by atoms with E-state index in [0.717, 1.165) is 12.1 Å². The van der Waals surface area contributed by atoms with Crippen molar-refractivity contribution >= 4 is 17.7 Å². The molecule has 1 rings (SSSR count). The minimum atomic E-state index is -3.60. The number of hydrogen-bond donors (Lipinski definition) is 3. The molecule has 3 N–H and O–H groups in total. The van der Waals surface area contributed by atoms with Crippen LogP contribution in [-0.4, -0.2) is 49.8 Å². The lowest BCUT2D eigenvalue weighted by atomic mass is 9.87. The lowest BCUT2D eigenvalue weighted by Crippen LogP contribution is -2.61. The molecular formula is C11H9NO9. The third kappa shape index (κ3) is 2.95. The first-order chi connectivity index (χ1) is 9.73. The second kappa shape index (κ2) is 5.96. The smallest absolute Gasteiger partial charge is 0.347 e. The van der Waals surface area contributed by atoms with Crippen LogP contribution in [0.4, 0.5) is 0 Å². The fourth-order valence-electron chi connectivity index (χ4n) is 1.56. The van der Waals surface area contributed by atoms with Crippen molar-refractivity contribution < 1.29 is 39.6 Å². The third-order valence-corrected chi connectivity index (χ3v) is 2.53. The highest BCUT2D eigenvalue weighted by Crippen LogP contribution is 2.24. The van der Waals surface area contributed by atoms with Crippen LogP contribution in [0.25, 0.3) is 0 Å². The zero-order valence-electron chi connectivity index (χ0n) is 10.2. The molecule has 0 heterocycles. The number of aliphatic carboxylic acids is 2. The molecule has 0 saturated carbocycles. The number of ketones is 1. The minimum Gasteiger partial charge on any atom is -0.479 e. The van der Waals surface area contributed by atoms with Gasteiger partial charge in [0.2, 0.25) is 5.78 Å². The number of aliphatic hydroxyl groups excluding tert-OH is 1. The molecule has 0 bridgehead atoms. The van der Waals surface area contributed by atoms with Gasteiger partial charge in [0.15, 0.2) is 6.10 Å². The quantitative estimate of drug-likeness (QED) is 0.256. The van der Waals surface area contributed by atoms with E-state index in [1.807, 2.05) is 0 Å². The number of carbonyl (C=O) groups excluding carboxylic acids is 1. The lowest BCUT2D eigenvalue weighted by Gasteiger charge is -2.27. The Balaban J connectivity index is 3.48. The Kier molecular flexibility index (Phi) is 4.56. The highest BCUT2D eigenvalue weighted by atomic mass is 17.0. The zero-order chi connectivity index (χ0) is 16.2. The Hall–Kier alpha value is -3.01. The lowest BCUT2D eigenvalue weighted by molar-refractivity contribution is -0.773. The van der Waals surface area contributed by atoms with E-state index >= 15 is 0 Å². The van der Waals surface area contributed by atoms with E-state index in [4.69, 9.17) is 10.2 Å². The average Bonchev–Trinajstić information content (AvgIpc) is 2.43. The van der Waals surface area contributed by atoms with Crippen molar-refractivity contribution in [3.8, 4) is 0 Å². The Morgan fingerprint density at radius 2 is 1.71 bits per heavy atom. The van der Waals surface area contributed by atoms with Gasteiger partial charge in [0, 0.05) is 5.56 Å². The van der Waals surface area contributed by atoms with Crippen LogP contribution >= 0.6 is 0 Å². The van der Waals surface area contributed by atoms with Gasteiger partial charge >= 0.3 is 17.5 Å². The van der Waals surface area contributed by atoms with Gasteiger partial charge in [-0.15, -0.1) is 10.1 Å². The molecule has 0 aliphatic carbocycles. The van der Waals surface area contributed by atoms with Crippen LogP contribution in [0.5, 0.6) is 0 Å². The van der Waals surface area contributed by atoms with Gasteiger partial charge < -0.3 is 15.3 Å². The number of carboxylic acid groups (broad SMARTS) is 2. The number of Topliss-reactive ketones (excluding diaryl/α,β-unsaturated/α-hetero) is 1. The van der Waals surface area contributed by atoms with Gasteiger partial charge in [-0.2, -0.15) is 0 Å². The van der Waals surface area contributed by atoms with E-state index < -0.39 is 34.5 Å². The summed E-state index contributed by atoms with van der Waals surface area (Å²) in [4.78, 5) is 48.4. The number of carboxylic acids is 2. The Labute approximate surface area is 116 Å².